The van der Waals surface area contributed by atoms with E-state index in [1.807, 2.05) is 41.0 Å². The van der Waals surface area contributed by atoms with E-state index in [0.29, 0.717) is 36.0 Å². The zero-order valence-electron chi connectivity index (χ0n) is 16.6. The summed E-state index contributed by atoms with van der Waals surface area (Å²) >= 11 is 0. The van der Waals surface area contributed by atoms with Gasteiger partial charge in [0.15, 0.2) is 17.2 Å². The van der Waals surface area contributed by atoms with Gasteiger partial charge in [0.2, 0.25) is 10.0 Å². The topological polar surface area (TPSA) is 81.2 Å². The Hall–Kier alpha value is -2.97. The first kappa shape index (κ1) is 19.0. The number of imidazole rings is 1. The Bertz CT molecular complexity index is 1280. The number of nitrogens with zero attached hydrogens (tertiary/aromatic N) is 4. The van der Waals surface area contributed by atoms with Crippen molar-refractivity contribution in [2.24, 2.45) is 0 Å². The molecule has 4 aromatic rings. The average molecular weight is 423 g/mol. The van der Waals surface area contributed by atoms with E-state index in [9.17, 15) is 8.42 Å². The first-order valence-corrected chi connectivity index (χ1v) is 11.5. The molecule has 5 rings (SSSR count). The number of pyridine rings is 1. The molecule has 7 nitrogen and oxygen atoms in total. The molecule has 154 valence electrons. The van der Waals surface area contributed by atoms with Gasteiger partial charge in [-0.05, 0) is 54.8 Å². The maximum atomic E-state index is 13.2. The van der Waals surface area contributed by atoms with Crippen molar-refractivity contribution < 1.29 is 12.8 Å². The van der Waals surface area contributed by atoms with E-state index >= 15 is 0 Å². The number of sulfonamides is 1. The van der Waals surface area contributed by atoms with E-state index in [1.54, 1.807) is 28.9 Å². The van der Waals surface area contributed by atoms with Gasteiger partial charge in [-0.2, -0.15) is 4.31 Å². The minimum Gasteiger partial charge on any atom is -0.461 e. The zero-order valence-corrected chi connectivity index (χ0v) is 17.4. The number of aromatic nitrogens is 3. The van der Waals surface area contributed by atoms with Crippen LogP contribution in [0.4, 0.5) is 0 Å². The molecule has 4 heterocycles. The number of fused-ring (bicyclic) bond motifs is 1. The summed E-state index contributed by atoms with van der Waals surface area (Å²) in [5.41, 5.74) is 2.62. The second-order valence-electron chi connectivity index (χ2n) is 7.43. The van der Waals surface area contributed by atoms with Gasteiger partial charge >= 0.3 is 0 Å². The van der Waals surface area contributed by atoms with E-state index < -0.39 is 10.0 Å². The van der Waals surface area contributed by atoms with Crippen molar-refractivity contribution in [3.63, 3.8) is 0 Å². The maximum absolute atomic E-state index is 13.2. The molecule has 0 spiro atoms. The van der Waals surface area contributed by atoms with Crippen molar-refractivity contribution in [1.82, 2.24) is 18.8 Å². The molecule has 1 unspecified atom stereocenters. The SMILES string of the molecule is CCc1ccc(S(=O)(=O)N2CCC(n3c(-c4ccco4)nc4cccnc43)C2)cc1. The van der Waals surface area contributed by atoms with Crippen molar-refractivity contribution in [2.75, 3.05) is 13.1 Å². The molecule has 0 saturated carbocycles. The first-order chi connectivity index (χ1) is 14.6. The second kappa shape index (κ2) is 7.37. The Morgan fingerprint density at radius 3 is 2.70 bits per heavy atom. The van der Waals surface area contributed by atoms with Crippen LogP contribution in [-0.2, 0) is 16.4 Å². The average Bonchev–Trinajstić information content (AvgIpc) is 3.52. The van der Waals surface area contributed by atoms with Crippen LogP contribution in [0.2, 0.25) is 0 Å². The molecule has 8 heteroatoms. The molecule has 1 aliphatic heterocycles. The molecule has 1 aliphatic rings. The van der Waals surface area contributed by atoms with E-state index in [-0.39, 0.29) is 6.04 Å². The predicted octanol–water partition coefficient (Wildman–Crippen LogP) is 3.89. The smallest absolute Gasteiger partial charge is 0.243 e. The zero-order chi connectivity index (χ0) is 20.7. The van der Waals surface area contributed by atoms with Crippen LogP contribution in [0.5, 0.6) is 0 Å². The summed E-state index contributed by atoms with van der Waals surface area (Å²) in [6, 6.07) is 14.5. The van der Waals surface area contributed by atoms with Gasteiger partial charge in [-0.1, -0.05) is 19.1 Å². The highest BCUT2D eigenvalue weighted by molar-refractivity contribution is 7.89. The molecule has 3 aromatic heterocycles. The van der Waals surface area contributed by atoms with Crippen LogP contribution in [0.15, 0.2) is 70.3 Å². The first-order valence-electron chi connectivity index (χ1n) is 10.0. The molecule has 1 saturated heterocycles. The monoisotopic (exact) mass is 422 g/mol. The van der Waals surface area contributed by atoms with Crippen LogP contribution in [0.3, 0.4) is 0 Å². The Kier molecular flexibility index (Phi) is 4.67. The second-order valence-corrected chi connectivity index (χ2v) is 9.37. The lowest BCUT2D eigenvalue weighted by molar-refractivity contribution is 0.453. The van der Waals surface area contributed by atoms with Crippen LogP contribution in [0.1, 0.15) is 24.9 Å². The minimum atomic E-state index is -3.55. The van der Waals surface area contributed by atoms with Gasteiger partial charge < -0.3 is 8.98 Å². The molecule has 30 heavy (non-hydrogen) atoms. The summed E-state index contributed by atoms with van der Waals surface area (Å²) in [7, 11) is -3.55. The van der Waals surface area contributed by atoms with E-state index in [0.717, 1.165) is 23.1 Å². The normalized spacial score (nSPS) is 17.7. The van der Waals surface area contributed by atoms with Gasteiger partial charge in [0, 0.05) is 19.3 Å². The summed E-state index contributed by atoms with van der Waals surface area (Å²) in [5, 5.41) is 0. The fourth-order valence-electron chi connectivity index (χ4n) is 4.04. The molecule has 0 amide bonds. The molecule has 0 aliphatic carbocycles. The fraction of sp³-hybridized carbons (Fsp3) is 0.273. The van der Waals surface area contributed by atoms with Crippen molar-refractivity contribution >= 4 is 21.2 Å². The third kappa shape index (κ3) is 3.12. The summed E-state index contributed by atoms with van der Waals surface area (Å²) < 4.78 is 35.6. The third-order valence-electron chi connectivity index (χ3n) is 5.65. The Labute approximate surface area is 175 Å². The molecule has 0 bridgehead atoms. The predicted molar refractivity (Wildman–Crippen MR) is 113 cm³/mol. The third-order valence-corrected chi connectivity index (χ3v) is 7.53. The van der Waals surface area contributed by atoms with Crippen molar-refractivity contribution in [1.29, 1.82) is 0 Å². The summed E-state index contributed by atoms with van der Waals surface area (Å²) in [6.07, 6.45) is 4.90. The van der Waals surface area contributed by atoms with Crippen molar-refractivity contribution in [3.05, 3.63) is 66.6 Å². The van der Waals surface area contributed by atoms with Gasteiger partial charge in [0.05, 0.1) is 17.2 Å². The quantitative estimate of drug-likeness (QED) is 0.487. The van der Waals surface area contributed by atoms with E-state index in [2.05, 4.69) is 11.9 Å². The van der Waals surface area contributed by atoms with Gasteiger partial charge in [-0.3, -0.25) is 0 Å². The standard InChI is InChI=1S/C22H22N4O3S/c1-2-16-7-9-18(10-8-16)30(27,28)25-13-11-17(15-25)26-21-19(5-3-12-23-21)24-22(26)20-6-4-14-29-20/h3-10,12,14,17H,2,11,13,15H2,1H3. The molecule has 0 radical (unpaired) electrons. The highest BCUT2D eigenvalue weighted by Crippen LogP contribution is 2.34. The Morgan fingerprint density at radius 2 is 1.97 bits per heavy atom. The molecule has 1 aromatic carbocycles. The van der Waals surface area contributed by atoms with Gasteiger partial charge in [-0.25, -0.2) is 18.4 Å². The number of hydrogen-bond donors (Lipinski definition) is 0. The lowest BCUT2D eigenvalue weighted by Gasteiger charge is -2.18. The fourth-order valence-corrected chi connectivity index (χ4v) is 5.53. The Morgan fingerprint density at radius 1 is 1.13 bits per heavy atom. The lowest BCUT2D eigenvalue weighted by atomic mass is 10.2. The Balaban J connectivity index is 1.50. The van der Waals surface area contributed by atoms with Crippen LogP contribution in [0.25, 0.3) is 22.7 Å². The summed E-state index contributed by atoms with van der Waals surface area (Å²) in [4.78, 5) is 9.55. The van der Waals surface area contributed by atoms with Crippen molar-refractivity contribution in [3.8, 4) is 11.6 Å². The van der Waals surface area contributed by atoms with Crippen LogP contribution in [0, 0.1) is 0 Å². The highest BCUT2D eigenvalue weighted by Gasteiger charge is 2.35. The largest absolute Gasteiger partial charge is 0.461 e. The number of furan rings is 1. The van der Waals surface area contributed by atoms with Gasteiger partial charge in [0.1, 0.15) is 5.52 Å². The summed E-state index contributed by atoms with van der Waals surface area (Å²) in [5.74, 6) is 1.31. The number of aryl methyl sites for hydroxylation is 1. The number of hydrogen-bond acceptors (Lipinski definition) is 5. The van der Waals surface area contributed by atoms with Gasteiger partial charge in [-0.15, -0.1) is 0 Å². The molecule has 1 fully saturated rings. The van der Waals surface area contributed by atoms with Crippen LogP contribution >= 0.6 is 0 Å². The molecule has 1 atom stereocenters. The van der Waals surface area contributed by atoms with E-state index in [4.69, 9.17) is 9.40 Å². The van der Waals surface area contributed by atoms with E-state index in [1.165, 1.54) is 0 Å². The molecular weight excluding hydrogens is 400 g/mol. The maximum Gasteiger partial charge on any atom is 0.243 e. The lowest BCUT2D eigenvalue weighted by Crippen LogP contribution is -2.29. The number of benzene rings is 1. The number of rotatable bonds is 5. The molecular formula is C22H22N4O3S. The van der Waals surface area contributed by atoms with Crippen LogP contribution < -0.4 is 0 Å². The van der Waals surface area contributed by atoms with Crippen molar-refractivity contribution in [2.45, 2.75) is 30.7 Å². The summed E-state index contributed by atoms with van der Waals surface area (Å²) in [6.45, 7) is 2.87. The van der Waals surface area contributed by atoms with Crippen LogP contribution in [-0.4, -0.2) is 40.3 Å². The molecule has 0 N–H and O–H groups in total. The highest BCUT2D eigenvalue weighted by atomic mass is 32.2. The van der Waals surface area contributed by atoms with Gasteiger partial charge in [0.25, 0.3) is 0 Å². The minimum absolute atomic E-state index is 0.0744.